The molecule has 0 saturated heterocycles. The number of benzene rings is 1. The number of rotatable bonds is 3. The van der Waals surface area contributed by atoms with Crippen molar-refractivity contribution in [2.75, 3.05) is 5.32 Å². The Morgan fingerprint density at radius 3 is 2.43 bits per heavy atom. The Morgan fingerprint density at radius 2 is 1.87 bits per heavy atom. The molecule has 1 N–H and O–H groups in total. The Labute approximate surface area is 142 Å². The molecular formula is C17H15BrN4O. The quantitative estimate of drug-likeness (QED) is 0.760. The zero-order valence-corrected chi connectivity index (χ0v) is 14.3. The molecule has 2 aromatic heterocycles. The van der Waals surface area contributed by atoms with Crippen LogP contribution in [-0.2, 0) is 0 Å². The topological polar surface area (TPSA) is 59.8 Å². The molecule has 6 heteroatoms. The Kier molecular flexibility index (Phi) is 4.25. The number of hydrogen-bond donors (Lipinski definition) is 1. The first kappa shape index (κ1) is 15.4. The molecule has 0 aliphatic carbocycles. The zero-order chi connectivity index (χ0) is 16.4. The predicted octanol–water partition coefficient (Wildman–Crippen LogP) is 3.90. The van der Waals surface area contributed by atoms with E-state index in [0.29, 0.717) is 11.4 Å². The van der Waals surface area contributed by atoms with E-state index in [2.05, 4.69) is 31.3 Å². The van der Waals surface area contributed by atoms with E-state index in [4.69, 9.17) is 0 Å². The van der Waals surface area contributed by atoms with Crippen LogP contribution in [0, 0.1) is 13.8 Å². The van der Waals surface area contributed by atoms with Crippen molar-refractivity contribution in [3.05, 3.63) is 70.2 Å². The smallest absolute Gasteiger partial charge is 0.274 e. The van der Waals surface area contributed by atoms with Crippen LogP contribution in [0.4, 0.5) is 5.69 Å². The Morgan fingerprint density at radius 1 is 1.13 bits per heavy atom. The average molecular weight is 371 g/mol. The molecule has 0 spiro atoms. The number of carbonyl (C=O) groups is 1. The summed E-state index contributed by atoms with van der Waals surface area (Å²) in [6, 6.07) is 12.8. The van der Waals surface area contributed by atoms with Gasteiger partial charge in [0.25, 0.3) is 5.91 Å². The molecule has 3 rings (SSSR count). The van der Waals surface area contributed by atoms with Crippen molar-refractivity contribution in [1.82, 2.24) is 14.8 Å². The molecule has 0 aliphatic heterocycles. The molecule has 2 heterocycles. The number of aryl methyl sites for hydroxylation is 1. The van der Waals surface area contributed by atoms with Gasteiger partial charge in [-0.3, -0.25) is 9.78 Å². The molecule has 1 aromatic carbocycles. The largest absolute Gasteiger partial charge is 0.321 e. The lowest BCUT2D eigenvalue weighted by Gasteiger charge is -2.07. The fourth-order valence-corrected chi connectivity index (χ4v) is 2.50. The summed E-state index contributed by atoms with van der Waals surface area (Å²) >= 11 is 3.52. The van der Waals surface area contributed by atoms with Crippen molar-refractivity contribution < 1.29 is 4.79 Å². The number of nitrogens with one attached hydrogen (secondary N) is 1. The molecule has 0 aliphatic rings. The molecule has 23 heavy (non-hydrogen) atoms. The highest BCUT2D eigenvalue weighted by atomic mass is 79.9. The summed E-state index contributed by atoms with van der Waals surface area (Å²) in [5, 5.41) is 7.32. The van der Waals surface area contributed by atoms with E-state index in [1.807, 2.05) is 42.8 Å². The third-order valence-electron chi connectivity index (χ3n) is 3.47. The van der Waals surface area contributed by atoms with Gasteiger partial charge >= 0.3 is 0 Å². The lowest BCUT2D eigenvalue weighted by Crippen LogP contribution is -2.13. The van der Waals surface area contributed by atoms with Gasteiger partial charge in [-0.25, -0.2) is 4.68 Å². The number of pyridine rings is 1. The fourth-order valence-electron chi connectivity index (χ4n) is 2.25. The molecule has 3 aromatic rings. The summed E-state index contributed by atoms with van der Waals surface area (Å²) < 4.78 is 2.87. The SMILES string of the molecule is Cc1nn(-c2ccc(NC(=O)c3ccccn3)cc2)c(C)c1Br. The highest BCUT2D eigenvalue weighted by Gasteiger charge is 2.11. The molecule has 116 valence electrons. The highest BCUT2D eigenvalue weighted by molar-refractivity contribution is 9.10. The minimum absolute atomic E-state index is 0.229. The van der Waals surface area contributed by atoms with Crippen LogP contribution in [0.3, 0.4) is 0 Å². The second kappa shape index (κ2) is 6.34. The van der Waals surface area contributed by atoms with E-state index >= 15 is 0 Å². The van der Waals surface area contributed by atoms with Gasteiger partial charge in [-0.2, -0.15) is 5.10 Å². The molecule has 1 amide bonds. The van der Waals surface area contributed by atoms with Gasteiger partial charge in [0.2, 0.25) is 0 Å². The number of amides is 1. The van der Waals surface area contributed by atoms with Gasteiger partial charge in [0.1, 0.15) is 5.69 Å². The summed E-state index contributed by atoms with van der Waals surface area (Å²) in [6.45, 7) is 3.95. The standard InChI is InChI=1S/C17H15BrN4O/c1-11-16(18)12(2)22(21-11)14-8-6-13(7-9-14)20-17(23)15-5-3-4-10-19-15/h3-10H,1-2H3,(H,20,23). The zero-order valence-electron chi connectivity index (χ0n) is 12.7. The van der Waals surface area contributed by atoms with E-state index < -0.39 is 0 Å². The van der Waals surface area contributed by atoms with E-state index in [0.717, 1.165) is 21.5 Å². The lowest BCUT2D eigenvalue weighted by atomic mass is 10.2. The van der Waals surface area contributed by atoms with E-state index in [9.17, 15) is 4.79 Å². The maximum atomic E-state index is 12.1. The first-order valence-corrected chi connectivity index (χ1v) is 7.90. The summed E-state index contributed by atoms with van der Waals surface area (Å²) in [6.07, 6.45) is 1.60. The highest BCUT2D eigenvalue weighted by Crippen LogP contribution is 2.23. The van der Waals surface area contributed by atoms with Crippen LogP contribution >= 0.6 is 15.9 Å². The van der Waals surface area contributed by atoms with Gasteiger partial charge in [-0.05, 0) is 66.2 Å². The molecule has 0 unspecified atom stereocenters. The van der Waals surface area contributed by atoms with Crippen molar-refractivity contribution in [2.24, 2.45) is 0 Å². The number of anilines is 1. The van der Waals surface area contributed by atoms with Crippen molar-refractivity contribution in [3.63, 3.8) is 0 Å². The van der Waals surface area contributed by atoms with E-state index in [1.165, 1.54) is 0 Å². The Balaban J connectivity index is 1.80. The van der Waals surface area contributed by atoms with Crippen LogP contribution in [-0.4, -0.2) is 20.7 Å². The summed E-state index contributed by atoms with van der Waals surface area (Å²) in [7, 11) is 0. The van der Waals surface area contributed by atoms with Crippen molar-refractivity contribution >= 4 is 27.5 Å². The molecule has 5 nitrogen and oxygen atoms in total. The normalized spacial score (nSPS) is 10.6. The molecule has 0 radical (unpaired) electrons. The van der Waals surface area contributed by atoms with Crippen molar-refractivity contribution in [1.29, 1.82) is 0 Å². The Bertz CT molecular complexity index is 841. The predicted molar refractivity (Wildman–Crippen MR) is 92.9 cm³/mol. The van der Waals surface area contributed by atoms with Gasteiger partial charge in [0.15, 0.2) is 0 Å². The first-order valence-electron chi connectivity index (χ1n) is 7.11. The molecule has 0 fully saturated rings. The summed E-state index contributed by atoms with van der Waals surface area (Å²) in [5.74, 6) is -0.229. The van der Waals surface area contributed by atoms with Gasteiger partial charge in [0, 0.05) is 11.9 Å². The molecule has 0 atom stereocenters. The van der Waals surface area contributed by atoms with Crippen LogP contribution in [0.5, 0.6) is 0 Å². The number of hydrogen-bond acceptors (Lipinski definition) is 3. The van der Waals surface area contributed by atoms with Crippen LogP contribution < -0.4 is 5.32 Å². The van der Waals surface area contributed by atoms with Gasteiger partial charge in [0.05, 0.1) is 21.5 Å². The third-order valence-corrected chi connectivity index (χ3v) is 4.62. The second-order valence-corrected chi connectivity index (χ2v) is 5.91. The average Bonchev–Trinajstić information content (AvgIpc) is 2.84. The minimum atomic E-state index is -0.229. The number of carbonyl (C=O) groups excluding carboxylic acids is 1. The van der Waals surface area contributed by atoms with Crippen LogP contribution in [0.15, 0.2) is 53.1 Å². The van der Waals surface area contributed by atoms with E-state index in [1.54, 1.807) is 24.4 Å². The number of halogens is 1. The lowest BCUT2D eigenvalue weighted by molar-refractivity contribution is 0.102. The molecular weight excluding hydrogens is 356 g/mol. The van der Waals surface area contributed by atoms with E-state index in [-0.39, 0.29) is 5.91 Å². The van der Waals surface area contributed by atoms with Gasteiger partial charge < -0.3 is 5.32 Å². The monoisotopic (exact) mass is 370 g/mol. The maximum Gasteiger partial charge on any atom is 0.274 e. The van der Waals surface area contributed by atoms with Crippen molar-refractivity contribution in [3.8, 4) is 5.69 Å². The summed E-state index contributed by atoms with van der Waals surface area (Å²) in [4.78, 5) is 16.1. The number of nitrogens with zero attached hydrogens (tertiary/aromatic N) is 3. The van der Waals surface area contributed by atoms with Crippen molar-refractivity contribution in [2.45, 2.75) is 13.8 Å². The fraction of sp³-hybridized carbons (Fsp3) is 0.118. The maximum absolute atomic E-state index is 12.1. The summed E-state index contributed by atoms with van der Waals surface area (Å²) in [5.41, 5.74) is 4.01. The Hall–Kier alpha value is -2.47. The minimum Gasteiger partial charge on any atom is -0.321 e. The van der Waals surface area contributed by atoms with Crippen LogP contribution in [0.2, 0.25) is 0 Å². The third kappa shape index (κ3) is 3.17. The van der Waals surface area contributed by atoms with Crippen LogP contribution in [0.25, 0.3) is 5.69 Å². The van der Waals surface area contributed by atoms with Gasteiger partial charge in [-0.15, -0.1) is 0 Å². The molecule has 0 bridgehead atoms. The van der Waals surface area contributed by atoms with Gasteiger partial charge in [-0.1, -0.05) is 6.07 Å². The first-order chi connectivity index (χ1) is 11.1. The van der Waals surface area contributed by atoms with Crippen LogP contribution in [0.1, 0.15) is 21.9 Å². The second-order valence-electron chi connectivity index (χ2n) is 5.11. The molecule has 0 saturated carbocycles. The number of aromatic nitrogens is 3.